The molecule has 2 N–H and O–H groups in total. The Bertz CT molecular complexity index is 550. The number of hydrogen-bond donors (Lipinski definition) is 2. The smallest absolute Gasteiger partial charge is 0.0959 e. The number of halogens is 1. The molecule has 3 rings (SSSR count). The molecule has 0 atom stereocenters. The highest BCUT2D eigenvalue weighted by atomic mass is 35.5. The van der Waals surface area contributed by atoms with Crippen LogP contribution in [-0.2, 0) is 13.0 Å². The van der Waals surface area contributed by atoms with Crippen molar-refractivity contribution in [2.24, 2.45) is 0 Å². The molecule has 2 heterocycles. The van der Waals surface area contributed by atoms with Gasteiger partial charge in [0.2, 0.25) is 0 Å². The molecule has 1 aromatic carbocycles. The molecule has 1 aliphatic heterocycles. The van der Waals surface area contributed by atoms with Crippen LogP contribution in [0.4, 0.5) is 0 Å². The van der Waals surface area contributed by atoms with Gasteiger partial charge in [-0.15, -0.1) is 0 Å². The number of aliphatic hydroxyl groups excluding tert-OH is 1. The van der Waals surface area contributed by atoms with E-state index in [1.54, 1.807) is 0 Å². The first-order valence-corrected chi connectivity index (χ1v) is 6.28. The second-order valence-electron chi connectivity index (χ2n) is 4.57. The SMILES string of the molecule is OCN1CCCc2[nH]c3ccc(Cl)cc3c2C1. The van der Waals surface area contributed by atoms with E-state index in [-0.39, 0.29) is 6.73 Å². The zero-order chi connectivity index (χ0) is 11.8. The van der Waals surface area contributed by atoms with E-state index in [9.17, 15) is 5.11 Å². The van der Waals surface area contributed by atoms with E-state index in [0.29, 0.717) is 0 Å². The highest BCUT2D eigenvalue weighted by Crippen LogP contribution is 2.29. The minimum absolute atomic E-state index is 0.118. The van der Waals surface area contributed by atoms with Gasteiger partial charge in [0.1, 0.15) is 0 Å². The molecule has 0 radical (unpaired) electrons. The number of aromatic amines is 1. The van der Waals surface area contributed by atoms with E-state index in [4.69, 9.17) is 11.6 Å². The van der Waals surface area contributed by atoms with Gasteiger partial charge in [-0.1, -0.05) is 11.6 Å². The second-order valence-corrected chi connectivity index (χ2v) is 5.01. The van der Waals surface area contributed by atoms with Crippen LogP contribution in [0.3, 0.4) is 0 Å². The molecule has 1 aliphatic rings. The van der Waals surface area contributed by atoms with E-state index in [2.05, 4.69) is 9.88 Å². The van der Waals surface area contributed by atoms with Crippen LogP contribution in [0.1, 0.15) is 17.7 Å². The third-order valence-electron chi connectivity index (χ3n) is 3.44. The molecular formula is C13H15ClN2O. The Hall–Kier alpha value is -1.03. The molecule has 0 amide bonds. The number of aryl methyl sites for hydroxylation is 1. The van der Waals surface area contributed by atoms with E-state index in [1.165, 1.54) is 16.6 Å². The summed E-state index contributed by atoms with van der Waals surface area (Å²) in [5, 5.41) is 11.2. The van der Waals surface area contributed by atoms with Crippen molar-refractivity contribution in [1.29, 1.82) is 0 Å². The monoisotopic (exact) mass is 250 g/mol. The molecule has 0 aliphatic carbocycles. The number of aliphatic hydroxyl groups is 1. The van der Waals surface area contributed by atoms with Gasteiger partial charge in [-0.25, -0.2) is 0 Å². The summed E-state index contributed by atoms with van der Waals surface area (Å²) in [5.74, 6) is 0. The number of H-pyrrole nitrogens is 1. The largest absolute Gasteiger partial charge is 0.381 e. The predicted octanol–water partition coefficient (Wildman–Crippen LogP) is 2.52. The van der Waals surface area contributed by atoms with E-state index in [1.807, 2.05) is 18.2 Å². The summed E-state index contributed by atoms with van der Waals surface area (Å²) in [4.78, 5) is 5.52. The fourth-order valence-electron chi connectivity index (χ4n) is 2.57. The van der Waals surface area contributed by atoms with Gasteiger partial charge in [0.05, 0.1) is 6.73 Å². The van der Waals surface area contributed by atoms with E-state index >= 15 is 0 Å². The summed E-state index contributed by atoms with van der Waals surface area (Å²) in [6, 6.07) is 5.94. The van der Waals surface area contributed by atoms with E-state index in [0.717, 1.165) is 36.5 Å². The topological polar surface area (TPSA) is 39.3 Å². The van der Waals surface area contributed by atoms with Gasteiger partial charge in [-0.3, -0.25) is 4.90 Å². The first-order chi connectivity index (χ1) is 8.28. The van der Waals surface area contributed by atoms with Crippen molar-refractivity contribution in [3.05, 3.63) is 34.5 Å². The fraction of sp³-hybridized carbons (Fsp3) is 0.385. The van der Waals surface area contributed by atoms with Gasteiger partial charge >= 0.3 is 0 Å². The molecule has 2 aromatic rings. The van der Waals surface area contributed by atoms with Crippen molar-refractivity contribution < 1.29 is 5.11 Å². The van der Waals surface area contributed by atoms with Crippen molar-refractivity contribution >= 4 is 22.5 Å². The summed E-state index contributed by atoms with van der Waals surface area (Å²) in [6.45, 7) is 1.86. The van der Waals surface area contributed by atoms with Gasteiger partial charge in [-0.05, 0) is 36.6 Å². The number of benzene rings is 1. The van der Waals surface area contributed by atoms with Crippen LogP contribution in [-0.4, -0.2) is 28.3 Å². The van der Waals surface area contributed by atoms with Crippen LogP contribution < -0.4 is 0 Å². The van der Waals surface area contributed by atoms with Gasteiger partial charge in [0.15, 0.2) is 0 Å². The van der Waals surface area contributed by atoms with Crippen LogP contribution in [0.25, 0.3) is 10.9 Å². The van der Waals surface area contributed by atoms with Crippen molar-refractivity contribution in [3.8, 4) is 0 Å². The lowest BCUT2D eigenvalue weighted by molar-refractivity contribution is 0.103. The Balaban J connectivity index is 2.14. The standard InChI is InChI=1S/C13H15ClN2O/c14-9-3-4-13-10(6-9)11-7-16(8-17)5-1-2-12(11)15-13/h3-4,6,15,17H,1-2,5,7-8H2. The summed E-state index contributed by atoms with van der Waals surface area (Å²) in [5.41, 5.74) is 3.71. The lowest BCUT2D eigenvalue weighted by Crippen LogP contribution is -2.23. The summed E-state index contributed by atoms with van der Waals surface area (Å²) >= 11 is 6.05. The van der Waals surface area contributed by atoms with Crippen molar-refractivity contribution in [2.75, 3.05) is 13.3 Å². The zero-order valence-electron chi connectivity index (χ0n) is 9.54. The number of aromatic nitrogens is 1. The summed E-state index contributed by atoms with van der Waals surface area (Å²) < 4.78 is 0. The Morgan fingerprint density at radius 2 is 2.29 bits per heavy atom. The fourth-order valence-corrected chi connectivity index (χ4v) is 2.74. The third kappa shape index (κ3) is 1.95. The van der Waals surface area contributed by atoms with Crippen molar-refractivity contribution in [1.82, 2.24) is 9.88 Å². The predicted molar refractivity (Wildman–Crippen MR) is 69.1 cm³/mol. The molecule has 0 unspecified atom stereocenters. The first kappa shape index (κ1) is 11.1. The number of fused-ring (bicyclic) bond motifs is 3. The maximum Gasteiger partial charge on any atom is 0.0959 e. The number of nitrogens with zero attached hydrogens (tertiary/aromatic N) is 1. The molecular weight excluding hydrogens is 236 g/mol. The van der Waals surface area contributed by atoms with Crippen LogP contribution in [0.5, 0.6) is 0 Å². The molecule has 4 heteroatoms. The maximum atomic E-state index is 9.30. The number of rotatable bonds is 1. The summed E-state index contributed by atoms with van der Waals surface area (Å²) in [6.07, 6.45) is 2.12. The molecule has 17 heavy (non-hydrogen) atoms. The molecule has 1 aromatic heterocycles. The van der Waals surface area contributed by atoms with Gasteiger partial charge < -0.3 is 10.1 Å². The molecule has 0 bridgehead atoms. The molecule has 0 fully saturated rings. The quantitative estimate of drug-likeness (QED) is 0.816. The van der Waals surface area contributed by atoms with E-state index < -0.39 is 0 Å². The first-order valence-electron chi connectivity index (χ1n) is 5.90. The van der Waals surface area contributed by atoms with Crippen LogP contribution in [0, 0.1) is 0 Å². The maximum absolute atomic E-state index is 9.30. The molecule has 3 nitrogen and oxygen atoms in total. The van der Waals surface area contributed by atoms with Crippen LogP contribution in [0.15, 0.2) is 18.2 Å². The molecule has 0 saturated carbocycles. The Labute approximate surface area is 105 Å². The number of hydrogen-bond acceptors (Lipinski definition) is 2. The third-order valence-corrected chi connectivity index (χ3v) is 3.67. The van der Waals surface area contributed by atoms with Gasteiger partial charge in [0.25, 0.3) is 0 Å². The highest BCUT2D eigenvalue weighted by Gasteiger charge is 2.18. The normalized spacial score (nSPS) is 17.1. The second kappa shape index (κ2) is 4.33. The van der Waals surface area contributed by atoms with Crippen LogP contribution in [0.2, 0.25) is 5.02 Å². The average molecular weight is 251 g/mol. The van der Waals surface area contributed by atoms with Crippen molar-refractivity contribution in [2.45, 2.75) is 19.4 Å². The lowest BCUT2D eigenvalue weighted by Gasteiger charge is -2.16. The zero-order valence-corrected chi connectivity index (χ0v) is 10.3. The van der Waals surface area contributed by atoms with Crippen LogP contribution >= 0.6 is 11.6 Å². The number of nitrogens with one attached hydrogen (secondary N) is 1. The Kier molecular flexibility index (Phi) is 2.82. The Morgan fingerprint density at radius 1 is 1.41 bits per heavy atom. The Morgan fingerprint density at radius 3 is 3.12 bits per heavy atom. The molecule has 90 valence electrons. The minimum Gasteiger partial charge on any atom is -0.381 e. The van der Waals surface area contributed by atoms with Gasteiger partial charge in [0, 0.05) is 34.7 Å². The highest BCUT2D eigenvalue weighted by molar-refractivity contribution is 6.31. The average Bonchev–Trinajstić information content (AvgIpc) is 2.54. The lowest BCUT2D eigenvalue weighted by atomic mass is 10.1. The molecule has 0 saturated heterocycles. The summed E-state index contributed by atoms with van der Waals surface area (Å²) in [7, 11) is 0. The van der Waals surface area contributed by atoms with Gasteiger partial charge in [-0.2, -0.15) is 0 Å². The van der Waals surface area contributed by atoms with Crippen molar-refractivity contribution in [3.63, 3.8) is 0 Å². The minimum atomic E-state index is 0.118. The molecule has 0 spiro atoms.